The first-order valence-electron chi connectivity index (χ1n) is 10.4. The molecular weight excluding hydrogens is 354 g/mol. The number of likely N-dealkylation sites (tertiary alicyclic amines) is 1. The number of benzene rings is 1. The predicted octanol–water partition coefficient (Wildman–Crippen LogP) is 4.61. The van der Waals surface area contributed by atoms with E-state index in [-0.39, 0.29) is 23.2 Å². The third-order valence-electron chi connectivity index (χ3n) is 5.38. The molecule has 1 aliphatic rings. The smallest absolute Gasteiger partial charge is 0.282 e. The van der Waals surface area contributed by atoms with Crippen LogP contribution in [0.1, 0.15) is 68.8 Å². The van der Waals surface area contributed by atoms with Gasteiger partial charge in [-0.25, -0.2) is 0 Å². The molecule has 6 nitrogen and oxygen atoms in total. The molecule has 0 aromatic heterocycles. The molecule has 2 rings (SSSR count). The highest BCUT2D eigenvalue weighted by Gasteiger charge is 2.31. The van der Waals surface area contributed by atoms with Crippen molar-refractivity contribution in [2.24, 2.45) is 0 Å². The number of nitro benzene ring substituents is 1. The Morgan fingerprint density at radius 1 is 1.25 bits per heavy atom. The minimum atomic E-state index is -0.445. The lowest BCUT2D eigenvalue weighted by atomic mass is 9.99. The highest BCUT2D eigenvalue weighted by Crippen LogP contribution is 2.26. The second kappa shape index (κ2) is 10.6. The SMILES string of the molecule is CCCCCN(C(=O)c1cc(C)ccc1[N+](=O)[O-])C1CCN(C[C](C)C)CC1. The molecule has 0 bridgehead atoms. The van der Waals surface area contributed by atoms with E-state index in [1.807, 2.05) is 11.8 Å². The molecule has 1 aromatic carbocycles. The number of carbonyl (C=O) groups is 1. The number of amides is 1. The van der Waals surface area contributed by atoms with Crippen LogP contribution in [0.5, 0.6) is 0 Å². The highest BCUT2D eigenvalue weighted by atomic mass is 16.6. The molecule has 0 unspecified atom stereocenters. The van der Waals surface area contributed by atoms with Gasteiger partial charge in [0.1, 0.15) is 5.56 Å². The normalized spacial score (nSPS) is 15.8. The molecule has 1 amide bonds. The molecule has 1 fully saturated rings. The number of unbranched alkanes of at least 4 members (excludes halogenated alkanes) is 2. The summed E-state index contributed by atoms with van der Waals surface area (Å²) >= 11 is 0. The van der Waals surface area contributed by atoms with Gasteiger partial charge in [0.15, 0.2) is 0 Å². The Morgan fingerprint density at radius 2 is 1.93 bits per heavy atom. The van der Waals surface area contributed by atoms with Gasteiger partial charge in [0.2, 0.25) is 0 Å². The van der Waals surface area contributed by atoms with Crippen molar-refractivity contribution in [2.45, 2.75) is 65.8 Å². The number of nitro groups is 1. The van der Waals surface area contributed by atoms with Crippen LogP contribution in [0.15, 0.2) is 18.2 Å². The summed E-state index contributed by atoms with van der Waals surface area (Å²) in [6.07, 6.45) is 4.92. The molecule has 0 N–H and O–H groups in total. The van der Waals surface area contributed by atoms with Crippen LogP contribution in [-0.4, -0.2) is 52.9 Å². The third-order valence-corrected chi connectivity index (χ3v) is 5.38. The van der Waals surface area contributed by atoms with Gasteiger partial charge in [-0.15, -0.1) is 0 Å². The number of piperidine rings is 1. The Labute approximate surface area is 169 Å². The van der Waals surface area contributed by atoms with E-state index in [4.69, 9.17) is 0 Å². The van der Waals surface area contributed by atoms with Gasteiger partial charge < -0.3 is 9.80 Å². The van der Waals surface area contributed by atoms with Crippen molar-refractivity contribution in [2.75, 3.05) is 26.2 Å². The average Bonchev–Trinajstić information content (AvgIpc) is 2.65. The highest BCUT2D eigenvalue weighted by molar-refractivity contribution is 5.98. The summed E-state index contributed by atoms with van der Waals surface area (Å²) in [6, 6.07) is 4.96. The van der Waals surface area contributed by atoms with E-state index in [0.717, 1.165) is 57.3 Å². The summed E-state index contributed by atoms with van der Waals surface area (Å²) in [7, 11) is 0. The number of nitrogens with zero attached hydrogens (tertiary/aromatic N) is 3. The minimum Gasteiger partial charge on any atom is -0.335 e. The fraction of sp³-hybridized carbons (Fsp3) is 0.636. The van der Waals surface area contributed by atoms with E-state index in [1.54, 1.807) is 12.1 Å². The molecule has 0 atom stereocenters. The molecule has 1 aromatic rings. The molecule has 1 heterocycles. The van der Waals surface area contributed by atoms with Crippen molar-refractivity contribution in [3.05, 3.63) is 45.4 Å². The van der Waals surface area contributed by atoms with Crippen molar-refractivity contribution < 1.29 is 9.72 Å². The largest absolute Gasteiger partial charge is 0.335 e. The van der Waals surface area contributed by atoms with Gasteiger partial charge in [-0.1, -0.05) is 39.7 Å². The summed E-state index contributed by atoms with van der Waals surface area (Å²) in [5.41, 5.74) is 0.998. The number of rotatable bonds is 9. The summed E-state index contributed by atoms with van der Waals surface area (Å²) in [5, 5.41) is 11.5. The maximum absolute atomic E-state index is 13.4. The van der Waals surface area contributed by atoms with Crippen LogP contribution < -0.4 is 0 Å². The first kappa shape index (κ1) is 22.3. The van der Waals surface area contributed by atoms with Crippen molar-refractivity contribution in [1.82, 2.24) is 9.80 Å². The van der Waals surface area contributed by atoms with Crippen LogP contribution in [0.3, 0.4) is 0 Å². The van der Waals surface area contributed by atoms with Crippen LogP contribution >= 0.6 is 0 Å². The third kappa shape index (κ3) is 6.03. The Kier molecular flexibility index (Phi) is 8.42. The van der Waals surface area contributed by atoms with Gasteiger partial charge in [0.05, 0.1) is 4.92 Å². The van der Waals surface area contributed by atoms with Crippen LogP contribution in [-0.2, 0) is 0 Å². The Balaban J connectivity index is 2.20. The zero-order chi connectivity index (χ0) is 20.7. The second-order valence-corrected chi connectivity index (χ2v) is 8.20. The van der Waals surface area contributed by atoms with Crippen molar-refractivity contribution in [3.63, 3.8) is 0 Å². The van der Waals surface area contributed by atoms with Gasteiger partial charge in [0.25, 0.3) is 11.6 Å². The monoisotopic (exact) mass is 388 g/mol. The lowest BCUT2D eigenvalue weighted by Gasteiger charge is -2.39. The van der Waals surface area contributed by atoms with Crippen molar-refractivity contribution in [1.29, 1.82) is 0 Å². The zero-order valence-corrected chi connectivity index (χ0v) is 17.7. The molecule has 155 valence electrons. The van der Waals surface area contributed by atoms with E-state index in [1.165, 1.54) is 12.0 Å². The lowest BCUT2D eigenvalue weighted by molar-refractivity contribution is -0.385. The first-order chi connectivity index (χ1) is 13.3. The Hall–Kier alpha value is -1.95. The van der Waals surface area contributed by atoms with E-state index >= 15 is 0 Å². The summed E-state index contributed by atoms with van der Waals surface area (Å²) in [6.45, 7) is 11.9. The maximum Gasteiger partial charge on any atom is 0.282 e. The number of aryl methyl sites for hydroxylation is 1. The van der Waals surface area contributed by atoms with Crippen LogP contribution in [0.4, 0.5) is 5.69 Å². The fourth-order valence-corrected chi connectivity index (χ4v) is 3.95. The molecule has 1 radical (unpaired) electrons. The predicted molar refractivity (Wildman–Crippen MR) is 112 cm³/mol. The average molecular weight is 389 g/mol. The second-order valence-electron chi connectivity index (χ2n) is 8.20. The number of hydrogen-bond acceptors (Lipinski definition) is 4. The molecule has 6 heteroatoms. The van der Waals surface area contributed by atoms with Gasteiger partial charge in [-0.05, 0) is 43.7 Å². The fourth-order valence-electron chi connectivity index (χ4n) is 3.95. The Morgan fingerprint density at radius 3 is 2.50 bits per heavy atom. The molecule has 0 saturated carbocycles. The molecule has 0 aliphatic carbocycles. The molecule has 28 heavy (non-hydrogen) atoms. The maximum atomic E-state index is 13.4. The molecular formula is C22H34N3O3. The zero-order valence-electron chi connectivity index (χ0n) is 17.7. The van der Waals surface area contributed by atoms with Crippen molar-refractivity contribution >= 4 is 11.6 Å². The van der Waals surface area contributed by atoms with E-state index in [0.29, 0.717) is 6.54 Å². The van der Waals surface area contributed by atoms with Gasteiger partial charge in [-0.2, -0.15) is 0 Å². The topological polar surface area (TPSA) is 66.7 Å². The summed E-state index contributed by atoms with van der Waals surface area (Å²) in [4.78, 5) is 28.7. The number of carbonyl (C=O) groups excluding carboxylic acids is 1. The summed E-state index contributed by atoms with van der Waals surface area (Å²) in [5.74, 6) is 1.20. The quantitative estimate of drug-likeness (QED) is 0.352. The standard InChI is InChI=1S/C22H34N3O3/c1-5-6-7-12-24(19-10-13-23(14-11-19)16-17(2)3)22(26)20-15-18(4)8-9-21(20)25(27)28/h8-9,15,19H,5-7,10-14,16H2,1-4H3. The van der Waals surface area contributed by atoms with E-state index in [9.17, 15) is 14.9 Å². The molecule has 1 aliphatic heterocycles. The lowest BCUT2D eigenvalue weighted by Crippen LogP contribution is -2.48. The first-order valence-corrected chi connectivity index (χ1v) is 10.4. The van der Waals surface area contributed by atoms with E-state index < -0.39 is 4.92 Å². The number of hydrogen-bond donors (Lipinski definition) is 0. The van der Waals surface area contributed by atoms with Gasteiger partial charge in [-0.3, -0.25) is 14.9 Å². The van der Waals surface area contributed by atoms with Crippen LogP contribution in [0.25, 0.3) is 0 Å². The van der Waals surface area contributed by atoms with Crippen molar-refractivity contribution in [3.8, 4) is 0 Å². The Bertz CT molecular complexity index is 667. The molecule has 1 saturated heterocycles. The minimum absolute atomic E-state index is 0.0928. The van der Waals surface area contributed by atoms with E-state index in [2.05, 4.69) is 25.7 Å². The van der Waals surface area contributed by atoms with Gasteiger partial charge in [0, 0.05) is 38.3 Å². The summed E-state index contributed by atoms with van der Waals surface area (Å²) < 4.78 is 0. The molecule has 0 spiro atoms. The van der Waals surface area contributed by atoms with Gasteiger partial charge >= 0.3 is 0 Å². The van der Waals surface area contributed by atoms with Crippen LogP contribution in [0, 0.1) is 23.0 Å². The van der Waals surface area contributed by atoms with Crippen LogP contribution in [0.2, 0.25) is 0 Å².